The molecule has 0 saturated carbocycles. The topological polar surface area (TPSA) is 45.0 Å². The molecule has 2 aliphatic heterocycles. The van der Waals surface area contributed by atoms with E-state index in [0.717, 1.165) is 44.8 Å². The molecule has 0 N–H and O–H groups in total. The molecule has 0 amide bonds. The van der Waals surface area contributed by atoms with Crippen molar-refractivity contribution in [2.24, 2.45) is 0 Å². The van der Waals surface area contributed by atoms with E-state index in [1.807, 2.05) is 0 Å². The molecule has 0 bridgehead atoms. The summed E-state index contributed by atoms with van der Waals surface area (Å²) in [7, 11) is 21.4. The minimum Gasteiger partial charge on any atom is -0.309 e. The predicted molar refractivity (Wildman–Crippen MR) is 433 cm³/mol. The summed E-state index contributed by atoms with van der Waals surface area (Å²) in [6.07, 6.45) is 0. The van der Waals surface area contributed by atoms with Gasteiger partial charge in [-0.25, -0.2) is 9.97 Å². The van der Waals surface area contributed by atoms with Crippen molar-refractivity contribution in [3.63, 3.8) is 0 Å². The molecule has 14 heteroatoms. The second-order valence-corrected chi connectivity index (χ2v) is 57.1. The molecule has 500 valence electrons. The largest absolute Gasteiger partial charge is 0.309 e. The number of hydrogen-bond donors (Lipinski definition) is 0. The number of halogens is 6. The Bertz CT molecular complexity index is 6720. The van der Waals surface area contributed by atoms with E-state index in [9.17, 15) is 4.32 Å². The van der Waals surface area contributed by atoms with E-state index in [-0.39, 0.29) is 7.43 Å². The van der Waals surface area contributed by atoms with Crippen LogP contribution < -0.4 is 0 Å². The van der Waals surface area contributed by atoms with E-state index < -0.39 is 20.4 Å². The molecule has 104 heavy (non-hydrogen) atoms. The van der Waals surface area contributed by atoms with Crippen molar-refractivity contribution in [2.45, 2.75) is 25.1 Å². The Balaban J connectivity index is 0.000000127. The van der Waals surface area contributed by atoms with E-state index >= 15 is 0 Å². The first-order valence-corrected chi connectivity index (χ1v) is 47.1. The number of pyridine rings is 1. The summed E-state index contributed by atoms with van der Waals surface area (Å²) in [5, 5.41) is 8.72. The van der Waals surface area contributed by atoms with Crippen LogP contribution in [0, 0.1) is 0 Å². The van der Waals surface area contributed by atoms with Gasteiger partial charge in [0.1, 0.15) is 11.5 Å². The fraction of sp³-hybridized carbons (Fsp3) is 0.0444. The number of benzene rings is 14. The monoisotopic (exact) mass is 1530 g/mol. The fourth-order valence-electron chi connectivity index (χ4n) is 18.1. The van der Waals surface area contributed by atoms with Crippen LogP contribution in [0.2, 0.25) is 6.82 Å². The molecule has 5 aromatic heterocycles. The Morgan fingerprint density at radius 1 is 0.327 bits per heavy atom. The minimum atomic E-state index is -4.26. The van der Waals surface area contributed by atoms with E-state index in [0.29, 0.717) is 7.56 Å². The average Bonchev–Trinajstić information content (AvgIpc) is 1.49. The van der Waals surface area contributed by atoms with Crippen molar-refractivity contribution in [2.75, 3.05) is 0 Å². The summed E-state index contributed by atoms with van der Waals surface area (Å²) in [4.78, 5) is 10.5. The van der Waals surface area contributed by atoms with Gasteiger partial charge in [0, 0.05) is 43.6 Å². The zero-order valence-electron chi connectivity index (χ0n) is 55.0. The molecule has 4 aliphatic rings. The van der Waals surface area contributed by atoms with Crippen LogP contribution >= 0.6 is 47.1 Å². The first-order chi connectivity index (χ1) is 50.3. The number of rotatable bonds is 2. The Labute approximate surface area is 620 Å². The molecule has 14 aromatic carbocycles. The SMILES string of the molecule is C.C[B]F.[Cl][Mo]([Cl])([Cl])([Cl])[Cl].c1ccc(-n2c(-c3ccc4c5cccc6c5n(c4c3)-c3ccccc3C63c4ccccc4-c4ccccc43)nc3ccccc32)cc1.c1ccc2c(c1)-c1ccccc1C21c2ccccc2-n2c3cc4c(cc3c3cccc1c32)c1ccccc1n1c2ccccc2nc41. The third-order valence-corrected chi connectivity index (χ3v) is 21.6. The van der Waals surface area contributed by atoms with E-state index in [1.54, 1.807) is 0 Å². The van der Waals surface area contributed by atoms with Gasteiger partial charge in [0.25, 0.3) is 0 Å². The second-order valence-electron chi connectivity index (χ2n) is 26.6. The van der Waals surface area contributed by atoms with Crippen molar-refractivity contribution >= 4 is 148 Å². The summed E-state index contributed by atoms with van der Waals surface area (Å²) in [6, 6.07) is 116. The fourth-order valence-corrected chi connectivity index (χ4v) is 18.1. The van der Waals surface area contributed by atoms with Crippen LogP contribution in [0.15, 0.2) is 315 Å². The molecule has 1 radical (unpaired) electrons. The molecule has 0 unspecified atom stereocenters. The van der Waals surface area contributed by atoms with Gasteiger partial charge in [0.2, 0.25) is 0 Å². The van der Waals surface area contributed by atoms with Gasteiger partial charge in [-0.05, 0) is 145 Å². The van der Waals surface area contributed by atoms with Crippen LogP contribution in [0.3, 0.4) is 0 Å². The van der Waals surface area contributed by atoms with Crippen molar-refractivity contribution in [1.82, 2.24) is 28.1 Å². The zero-order chi connectivity index (χ0) is 69.3. The number of imidazole rings is 2. The summed E-state index contributed by atoms with van der Waals surface area (Å²) in [6.45, 7) is 1.33. The van der Waals surface area contributed by atoms with Gasteiger partial charge in [0.05, 0.1) is 71.9 Å². The van der Waals surface area contributed by atoms with Gasteiger partial charge in [-0.2, -0.15) is 0 Å². The Kier molecular flexibility index (Phi) is 14.8. The molecule has 0 fully saturated rings. The van der Waals surface area contributed by atoms with E-state index in [1.165, 1.54) is 150 Å². The van der Waals surface area contributed by atoms with Crippen LogP contribution in [-0.4, -0.2) is 35.6 Å². The molecular weight excluding hydrogens is 1470 g/mol. The predicted octanol–water partition coefficient (Wildman–Crippen LogP) is 25.7. The molecule has 2 spiro atoms. The van der Waals surface area contributed by atoms with Gasteiger partial charge in [-0.1, -0.05) is 257 Å². The third kappa shape index (κ3) is 9.25. The quantitative estimate of drug-likeness (QED) is 0.128. The molecule has 23 rings (SSSR count). The Morgan fingerprint density at radius 3 is 1.26 bits per heavy atom. The number of hydrogen-bond acceptors (Lipinski definition) is 2. The van der Waals surface area contributed by atoms with E-state index in [4.69, 9.17) is 57.1 Å². The molecular formula is C90H59BCl5FMoN6. The number of fused-ring (bicyclic) bond motifs is 33. The molecule has 6 nitrogen and oxygen atoms in total. The number of nitrogens with zero attached hydrogens (tertiary/aromatic N) is 6. The smallest absolute Gasteiger partial charge is 0.146 e. The minimum absolute atomic E-state index is 0. The van der Waals surface area contributed by atoms with Gasteiger partial charge in [-0.15, -0.1) is 0 Å². The van der Waals surface area contributed by atoms with Crippen LogP contribution in [0.25, 0.3) is 144 Å². The maximum Gasteiger partial charge on any atom is 0.146 e. The van der Waals surface area contributed by atoms with Crippen molar-refractivity contribution in [3.8, 4) is 50.7 Å². The molecule has 0 saturated heterocycles. The molecule has 2 aliphatic carbocycles. The van der Waals surface area contributed by atoms with Gasteiger partial charge in [0.15, 0.2) is 0 Å². The molecule has 0 atom stereocenters. The van der Waals surface area contributed by atoms with Crippen molar-refractivity contribution < 1.29 is 13.9 Å². The van der Waals surface area contributed by atoms with Gasteiger partial charge in [-0.3, -0.25) is 8.97 Å². The van der Waals surface area contributed by atoms with Crippen LogP contribution in [-0.2, 0) is 20.4 Å². The van der Waals surface area contributed by atoms with Crippen molar-refractivity contribution in [3.05, 3.63) is 360 Å². The summed E-state index contributed by atoms with van der Waals surface area (Å²) >= 11 is 0. The van der Waals surface area contributed by atoms with Crippen LogP contribution in [0.1, 0.15) is 51.9 Å². The number of para-hydroxylation sites is 10. The van der Waals surface area contributed by atoms with Crippen LogP contribution in [0.4, 0.5) is 4.32 Å². The normalized spacial score (nSPS) is 13.8. The van der Waals surface area contributed by atoms with Gasteiger partial charge < -0.3 is 13.4 Å². The molecule has 7 heterocycles. The summed E-state index contributed by atoms with van der Waals surface area (Å²) in [5.41, 5.74) is 31.3. The van der Waals surface area contributed by atoms with Gasteiger partial charge >= 0.3 is 64.3 Å². The van der Waals surface area contributed by atoms with E-state index in [2.05, 4.69) is 334 Å². The molecule has 19 aromatic rings. The first-order valence-electron chi connectivity index (χ1n) is 34.1. The standard InChI is InChI=1S/C44H25N3.C44H27N3.CH3BF.CH4.5ClH.Mo/c1-4-16-33-26(12-1)27-13-2-5-17-34(27)44(33)35-18-6-9-22-39(35)46-41-25-32-30(24-31(41)29-15-11-19-36(44)42(29)46)28-14-3-8-21-38(28)47-40-23-10-7-20-37(40)45-43(32)47;1-2-13-29(14-3-1)46-40-24-11-9-22-38(40)45-43(46)28-25-26-32-33-17-12-21-37-42(33)47(41(32)27-28)39-23-10-8-20-36(39)44(37)34-18-6-4-15-30(34)31-16-5-7-19-35(31)44;1-2-3;;;;;;;/h1-25H;1-27H;1H3;1H4;5*1H;/q;;;;;;;;;+5/p-5. The van der Waals surface area contributed by atoms with Crippen LogP contribution in [0.5, 0.6) is 0 Å². The van der Waals surface area contributed by atoms with Crippen molar-refractivity contribution in [1.29, 1.82) is 0 Å². The zero-order valence-corrected chi connectivity index (χ0v) is 60.7. The maximum absolute atomic E-state index is 10.2. The average molecular weight is 1530 g/mol. The first kappa shape index (κ1) is 64.6. The third-order valence-electron chi connectivity index (χ3n) is 21.6. The Hall–Kier alpha value is -10.2. The number of aromatic nitrogens is 6. The Morgan fingerprint density at radius 2 is 0.721 bits per heavy atom. The summed E-state index contributed by atoms with van der Waals surface area (Å²) in [5.74, 6) is 0.941. The second kappa shape index (κ2) is 23.9. The summed E-state index contributed by atoms with van der Waals surface area (Å²) < 4.78 is 19.9. The maximum atomic E-state index is 10.2.